The predicted molar refractivity (Wildman–Crippen MR) is 95.3 cm³/mol. The number of hydrogen-bond donors (Lipinski definition) is 1. The van der Waals surface area contributed by atoms with Gasteiger partial charge in [-0.3, -0.25) is 4.79 Å². The van der Waals surface area contributed by atoms with Crippen LogP contribution in [0.2, 0.25) is 0 Å². The molecule has 0 atom stereocenters. The number of para-hydroxylation sites is 1. The van der Waals surface area contributed by atoms with E-state index in [-0.39, 0.29) is 18.2 Å². The lowest BCUT2D eigenvalue weighted by molar-refractivity contribution is 0.0954. The van der Waals surface area contributed by atoms with E-state index >= 15 is 0 Å². The molecule has 1 amide bonds. The molecule has 1 aliphatic heterocycles. The zero-order chi connectivity index (χ0) is 17.8. The molecule has 0 spiro atoms. The minimum absolute atomic E-state index is 0.0675. The number of ether oxygens (including phenoxy) is 1. The second kappa shape index (κ2) is 7.53. The van der Waals surface area contributed by atoms with Gasteiger partial charge in [0, 0.05) is 25.3 Å². The van der Waals surface area contributed by atoms with Crippen molar-refractivity contribution in [3.8, 4) is 0 Å². The summed E-state index contributed by atoms with van der Waals surface area (Å²) >= 11 is 0. The molecule has 0 radical (unpaired) electrons. The largest absolute Gasteiger partial charge is 0.378 e. The van der Waals surface area contributed by atoms with Crippen LogP contribution in [-0.2, 0) is 14.6 Å². The minimum Gasteiger partial charge on any atom is -0.378 e. The molecule has 0 aromatic heterocycles. The number of benzene rings is 1. The van der Waals surface area contributed by atoms with Crippen LogP contribution < -0.4 is 10.2 Å². The van der Waals surface area contributed by atoms with Gasteiger partial charge in [0.05, 0.1) is 29.3 Å². The second-order valence-electron chi connectivity index (χ2n) is 6.80. The average Bonchev–Trinajstić information content (AvgIpc) is 2.54. The highest BCUT2D eigenvalue weighted by atomic mass is 32.2. The first-order valence-electron chi connectivity index (χ1n) is 8.14. The first-order valence-corrected chi connectivity index (χ1v) is 9.80. The van der Waals surface area contributed by atoms with Gasteiger partial charge in [0.1, 0.15) is 0 Å². The van der Waals surface area contributed by atoms with Crippen LogP contribution in [-0.4, -0.2) is 57.7 Å². The van der Waals surface area contributed by atoms with Crippen molar-refractivity contribution in [1.82, 2.24) is 5.32 Å². The molecule has 1 aliphatic rings. The molecular formula is C17H26N2O4S. The molecule has 24 heavy (non-hydrogen) atoms. The molecule has 0 bridgehead atoms. The lowest BCUT2D eigenvalue weighted by atomic mass is 10.1. The summed E-state index contributed by atoms with van der Waals surface area (Å²) in [5.74, 6) is -0.316. The van der Waals surface area contributed by atoms with Gasteiger partial charge in [-0.05, 0) is 32.9 Å². The van der Waals surface area contributed by atoms with Crippen molar-refractivity contribution < 1.29 is 17.9 Å². The fourth-order valence-electron chi connectivity index (χ4n) is 2.45. The Bertz CT molecular complexity index is 674. The van der Waals surface area contributed by atoms with Crippen LogP contribution in [0.3, 0.4) is 0 Å². The van der Waals surface area contributed by atoms with Crippen molar-refractivity contribution in [1.29, 1.82) is 0 Å². The van der Waals surface area contributed by atoms with Gasteiger partial charge in [-0.1, -0.05) is 12.1 Å². The van der Waals surface area contributed by atoms with Crippen LogP contribution in [0, 0.1) is 0 Å². The Morgan fingerprint density at radius 3 is 2.46 bits per heavy atom. The van der Waals surface area contributed by atoms with Crippen molar-refractivity contribution >= 4 is 21.4 Å². The van der Waals surface area contributed by atoms with Gasteiger partial charge in [-0.2, -0.15) is 0 Å². The number of nitrogens with zero attached hydrogens (tertiary/aromatic N) is 1. The minimum atomic E-state index is -3.25. The van der Waals surface area contributed by atoms with Gasteiger partial charge < -0.3 is 15.0 Å². The zero-order valence-electron chi connectivity index (χ0n) is 14.5. The number of sulfone groups is 1. The number of amides is 1. The molecule has 134 valence electrons. The third-order valence-corrected chi connectivity index (χ3v) is 6.70. The van der Waals surface area contributed by atoms with E-state index in [1.165, 1.54) is 0 Å². The zero-order valence-corrected chi connectivity index (χ0v) is 15.4. The van der Waals surface area contributed by atoms with E-state index in [9.17, 15) is 13.2 Å². The van der Waals surface area contributed by atoms with E-state index < -0.39 is 14.6 Å². The maximum absolute atomic E-state index is 12.5. The molecule has 1 aromatic rings. The molecule has 7 heteroatoms. The standard InChI is InChI=1S/C17H26N2O4S/c1-17(2,3)24(21,22)13-8-18-16(20)14-6-4-5-7-15(14)19-9-11-23-12-10-19/h4-7H,8-13H2,1-3H3,(H,18,20). The maximum Gasteiger partial charge on any atom is 0.253 e. The van der Waals surface area contributed by atoms with Gasteiger partial charge in [0.25, 0.3) is 5.91 Å². The molecule has 2 rings (SSSR count). The Kier molecular flexibility index (Phi) is 5.87. The summed E-state index contributed by atoms with van der Waals surface area (Å²) in [6, 6.07) is 7.38. The van der Waals surface area contributed by atoms with Crippen molar-refractivity contribution in [3.63, 3.8) is 0 Å². The summed E-state index contributed by atoms with van der Waals surface area (Å²) < 4.78 is 28.8. The van der Waals surface area contributed by atoms with Gasteiger partial charge >= 0.3 is 0 Å². The maximum atomic E-state index is 12.5. The Morgan fingerprint density at radius 2 is 1.83 bits per heavy atom. The van der Waals surface area contributed by atoms with E-state index in [1.54, 1.807) is 26.8 Å². The van der Waals surface area contributed by atoms with Crippen molar-refractivity contribution in [3.05, 3.63) is 29.8 Å². The van der Waals surface area contributed by atoms with E-state index in [4.69, 9.17) is 4.74 Å². The molecule has 1 N–H and O–H groups in total. The first kappa shape index (κ1) is 18.7. The number of nitrogens with one attached hydrogen (secondary N) is 1. The molecular weight excluding hydrogens is 328 g/mol. The number of morpholine rings is 1. The van der Waals surface area contributed by atoms with Crippen LogP contribution in [0.1, 0.15) is 31.1 Å². The fraction of sp³-hybridized carbons (Fsp3) is 0.588. The molecule has 0 saturated carbocycles. The molecule has 1 saturated heterocycles. The summed E-state index contributed by atoms with van der Waals surface area (Å²) in [6.07, 6.45) is 0. The first-order chi connectivity index (χ1) is 11.2. The molecule has 0 aliphatic carbocycles. The number of rotatable bonds is 5. The van der Waals surface area contributed by atoms with E-state index in [2.05, 4.69) is 10.2 Å². The lowest BCUT2D eigenvalue weighted by Crippen LogP contribution is -2.39. The Balaban J connectivity index is 2.03. The molecule has 1 fully saturated rings. The Morgan fingerprint density at radius 1 is 1.21 bits per heavy atom. The monoisotopic (exact) mass is 354 g/mol. The number of carbonyl (C=O) groups excluding carboxylic acids is 1. The lowest BCUT2D eigenvalue weighted by Gasteiger charge is -2.30. The topological polar surface area (TPSA) is 75.7 Å². The summed E-state index contributed by atoms with van der Waals surface area (Å²) in [5.41, 5.74) is 1.42. The third kappa shape index (κ3) is 4.48. The van der Waals surface area contributed by atoms with E-state index in [1.807, 2.05) is 18.2 Å². The Hall–Kier alpha value is -1.60. The van der Waals surface area contributed by atoms with Crippen LogP contribution in [0.15, 0.2) is 24.3 Å². The molecule has 1 aromatic carbocycles. The molecule has 6 nitrogen and oxygen atoms in total. The molecule has 1 heterocycles. The normalized spacial score (nSPS) is 16.0. The van der Waals surface area contributed by atoms with Gasteiger partial charge in [-0.15, -0.1) is 0 Å². The quantitative estimate of drug-likeness (QED) is 0.866. The van der Waals surface area contributed by atoms with Gasteiger partial charge in [0.2, 0.25) is 0 Å². The highest BCUT2D eigenvalue weighted by Gasteiger charge is 2.28. The van der Waals surface area contributed by atoms with Gasteiger partial charge in [0.15, 0.2) is 9.84 Å². The summed E-state index contributed by atoms with van der Waals surface area (Å²) in [6.45, 7) is 7.86. The SMILES string of the molecule is CC(C)(C)S(=O)(=O)CCNC(=O)c1ccccc1N1CCOCC1. The smallest absolute Gasteiger partial charge is 0.253 e. The van der Waals surface area contributed by atoms with Crippen LogP contribution >= 0.6 is 0 Å². The van der Waals surface area contributed by atoms with E-state index in [0.717, 1.165) is 18.8 Å². The highest BCUT2D eigenvalue weighted by Crippen LogP contribution is 2.21. The summed E-state index contributed by atoms with van der Waals surface area (Å²) in [7, 11) is -3.25. The predicted octanol–water partition coefficient (Wildman–Crippen LogP) is 1.47. The number of hydrogen-bond acceptors (Lipinski definition) is 5. The summed E-state index contributed by atoms with van der Waals surface area (Å²) in [5, 5.41) is 2.73. The number of anilines is 1. The van der Waals surface area contributed by atoms with Gasteiger partial charge in [-0.25, -0.2) is 8.42 Å². The van der Waals surface area contributed by atoms with Crippen LogP contribution in [0.5, 0.6) is 0 Å². The van der Waals surface area contributed by atoms with Crippen LogP contribution in [0.25, 0.3) is 0 Å². The van der Waals surface area contributed by atoms with E-state index in [0.29, 0.717) is 18.8 Å². The average molecular weight is 354 g/mol. The summed E-state index contributed by atoms with van der Waals surface area (Å²) in [4.78, 5) is 14.6. The van der Waals surface area contributed by atoms with Crippen molar-refractivity contribution in [2.75, 3.05) is 43.5 Å². The number of carbonyl (C=O) groups is 1. The highest BCUT2D eigenvalue weighted by molar-refractivity contribution is 7.92. The third-order valence-electron chi connectivity index (χ3n) is 4.09. The van der Waals surface area contributed by atoms with Crippen molar-refractivity contribution in [2.45, 2.75) is 25.5 Å². The second-order valence-corrected chi connectivity index (χ2v) is 9.67. The molecule has 0 unspecified atom stereocenters. The Labute approximate surface area is 144 Å². The fourth-order valence-corrected chi connectivity index (χ4v) is 3.43. The van der Waals surface area contributed by atoms with Crippen LogP contribution in [0.4, 0.5) is 5.69 Å². The van der Waals surface area contributed by atoms with Crippen molar-refractivity contribution in [2.24, 2.45) is 0 Å².